The summed E-state index contributed by atoms with van der Waals surface area (Å²) in [5.41, 5.74) is 7.82. The Kier molecular flexibility index (Phi) is 3.87. The van der Waals surface area contributed by atoms with E-state index in [4.69, 9.17) is 10.5 Å². The fraction of sp³-hybridized carbons (Fsp3) is 0.0476. The van der Waals surface area contributed by atoms with E-state index in [1.807, 2.05) is 30.3 Å². The van der Waals surface area contributed by atoms with Gasteiger partial charge in [0.2, 0.25) is 5.88 Å². The Balaban J connectivity index is 2.01. The van der Waals surface area contributed by atoms with Crippen molar-refractivity contribution >= 4 is 16.7 Å². The lowest BCUT2D eigenvalue weighted by Gasteiger charge is -2.26. The highest BCUT2D eigenvalue weighted by Crippen LogP contribution is 2.43. The highest BCUT2D eigenvalue weighted by Gasteiger charge is 2.35. The molecular weight excluding hydrogens is 343 g/mol. The molecule has 2 heterocycles. The third-order valence-corrected chi connectivity index (χ3v) is 4.59. The quantitative estimate of drug-likeness (QED) is 0.723. The second kappa shape index (κ2) is 6.36. The van der Waals surface area contributed by atoms with E-state index >= 15 is 0 Å². The first-order valence-electron chi connectivity index (χ1n) is 8.18. The molecule has 130 valence electrons. The smallest absolute Gasteiger partial charge is 0.205 e. The second-order valence-corrected chi connectivity index (χ2v) is 6.05. The molecular formula is C21H13FN4O. The van der Waals surface area contributed by atoms with E-state index in [1.54, 1.807) is 24.4 Å². The number of fused-ring (bicyclic) bond motifs is 1. The Morgan fingerprint density at radius 1 is 1.00 bits per heavy atom. The molecule has 1 atom stereocenters. The molecule has 0 amide bonds. The van der Waals surface area contributed by atoms with Gasteiger partial charge in [0.05, 0.1) is 17.6 Å². The Labute approximate surface area is 154 Å². The van der Waals surface area contributed by atoms with Gasteiger partial charge in [-0.3, -0.25) is 0 Å². The van der Waals surface area contributed by atoms with Gasteiger partial charge in [0.25, 0.3) is 0 Å². The normalized spacial score (nSPS) is 16.8. The number of hydrogen-bond donors (Lipinski definition) is 2. The summed E-state index contributed by atoms with van der Waals surface area (Å²) in [5.74, 6) is -1.36. The van der Waals surface area contributed by atoms with Crippen molar-refractivity contribution < 1.29 is 9.13 Å². The second-order valence-electron chi connectivity index (χ2n) is 6.05. The number of nitriles is 2. The zero-order valence-corrected chi connectivity index (χ0v) is 14.0. The maximum Gasteiger partial charge on any atom is 0.205 e. The number of hydrogen-bond acceptors (Lipinski definition) is 4. The first kappa shape index (κ1) is 16.4. The molecule has 0 aliphatic carbocycles. The topological polar surface area (TPSA) is 98.6 Å². The first-order valence-corrected chi connectivity index (χ1v) is 8.18. The molecule has 0 saturated carbocycles. The van der Waals surface area contributed by atoms with E-state index in [0.717, 1.165) is 10.9 Å². The molecule has 6 heteroatoms. The van der Waals surface area contributed by atoms with Crippen LogP contribution < -0.4 is 5.73 Å². The van der Waals surface area contributed by atoms with Crippen molar-refractivity contribution in [1.29, 1.82) is 10.5 Å². The van der Waals surface area contributed by atoms with Crippen molar-refractivity contribution in [3.05, 3.63) is 88.7 Å². The number of rotatable bonds is 2. The molecule has 3 N–H and O–H groups in total. The van der Waals surface area contributed by atoms with Crippen LogP contribution in [0.5, 0.6) is 0 Å². The number of para-hydroxylation sites is 1. The Hall–Kier alpha value is -4.03. The highest BCUT2D eigenvalue weighted by atomic mass is 19.1. The van der Waals surface area contributed by atoms with Crippen molar-refractivity contribution in [1.82, 2.24) is 4.98 Å². The lowest BCUT2D eigenvalue weighted by molar-refractivity contribution is 0.357. The number of aromatic amines is 1. The van der Waals surface area contributed by atoms with Crippen LogP contribution in [0.2, 0.25) is 0 Å². The molecule has 0 spiro atoms. The van der Waals surface area contributed by atoms with Crippen molar-refractivity contribution in [3.63, 3.8) is 0 Å². The standard InChI is InChI=1S/C21H13FN4O/c22-17-7-3-1-6-13(17)19-14(9-23)20(27-21(25)15(19)10-24)16-11-26-18-8-4-2-5-12(16)18/h1-8,11,19,26H,25H2. The van der Waals surface area contributed by atoms with Crippen molar-refractivity contribution in [2.75, 3.05) is 0 Å². The molecule has 5 nitrogen and oxygen atoms in total. The molecule has 1 unspecified atom stereocenters. The highest BCUT2D eigenvalue weighted by molar-refractivity contribution is 5.93. The first-order chi connectivity index (χ1) is 13.2. The summed E-state index contributed by atoms with van der Waals surface area (Å²) in [5, 5.41) is 20.3. The number of nitrogens with one attached hydrogen (secondary N) is 1. The average molecular weight is 356 g/mol. The van der Waals surface area contributed by atoms with Crippen LogP contribution in [-0.2, 0) is 4.74 Å². The number of allylic oxidation sites excluding steroid dienone is 2. The summed E-state index contributed by atoms with van der Waals surface area (Å²) in [6.45, 7) is 0. The van der Waals surface area contributed by atoms with E-state index in [1.165, 1.54) is 6.07 Å². The molecule has 0 saturated heterocycles. The van der Waals surface area contributed by atoms with Crippen LogP contribution >= 0.6 is 0 Å². The Morgan fingerprint density at radius 3 is 2.44 bits per heavy atom. The van der Waals surface area contributed by atoms with Crippen LogP contribution in [0.3, 0.4) is 0 Å². The zero-order valence-electron chi connectivity index (χ0n) is 14.0. The average Bonchev–Trinajstić information content (AvgIpc) is 3.11. The van der Waals surface area contributed by atoms with Crippen LogP contribution in [0.25, 0.3) is 16.7 Å². The van der Waals surface area contributed by atoms with Gasteiger partial charge < -0.3 is 15.5 Å². The zero-order chi connectivity index (χ0) is 19.0. The Bertz CT molecular complexity index is 1210. The van der Waals surface area contributed by atoms with Crippen LogP contribution in [0, 0.1) is 28.5 Å². The van der Waals surface area contributed by atoms with Crippen molar-refractivity contribution in [3.8, 4) is 12.1 Å². The lowest BCUT2D eigenvalue weighted by Crippen LogP contribution is -2.20. The summed E-state index contributed by atoms with van der Waals surface area (Å²) in [6.07, 6.45) is 1.71. The monoisotopic (exact) mass is 356 g/mol. The van der Waals surface area contributed by atoms with Gasteiger partial charge in [-0.25, -0.2) is 4.39 Å². The van der Waals surface area contributed by atoms with Gasteiger partial charge in [0.15, 0.2) is 5.76 Å². The summed E-state index contributed by atoms with van der Waals surface area (Å²) in [6, 6.07) is 17.6. The van der Waals surface area contributed by atoms with E-state index in [0.29, 0.717) is 5.56 Å². The number of halogens is 1. The summed E-state index contributed by atoms with van der Waals surface area (Å²) in [4.78, 5) is 3.12. The molecule has 1 aliphatic rings. The van der Waals surface area contributed by atoms with E-state index in [2.05, 4.69) is 11.1 Å². The summed E-state index contributed by atoms with van der Waals surface area (Å²) >= 11 is 0. The van der Waals surface area contributed by atoms with Gasteiger partial charge in [-0.05, 0) is 12.1 Å². The lowest BCUT2D eigenvalue weighted by atomic mass is 9.82. The van der Waals surface area contributed by atoms with Crippen LogP contribution in [-0.4, -0.2) is 4.98 Å². The number of nitrogens with zero attached hydrogens (tertiary/aromatic N) is 2. The SMILES string of the molecule is N#CC1=C(N)OC(c2c[nH]c3ccccc23)=C(C#N)C1c1ccccc1F. The predicted octanol–water partition coefficient (Wildman–Crippen LogP) is 4.05. The van der Waals surface area contributed by atoms with Gasteiger partial charge in [-0.15, -0.1) is 0 Å². The van der Waals surface area contributed by atoms with Crippen molar-refractivity contribution in [2.45, 2.75) is 5.92 Å². The third kappa shape index (κ3) is 2.52. The van der Waals surface area contributed by atoms with Gasteiger partial charge in [0.1, 0.15) is 17.5 Å². The van der Waals surface area contributed by atoms with E-state index in [9.17, 15) is 14.9 Å². The molecule has 0 fully saturated rings. The number of H-pyrrole nitrogens is 1. The van der Waals surface area contributed by atoms with E-state index < -0.39 is 11.7 Å². The van der Waals surface area contributed by atoms with Gasteiger partial charge >= 0.3 is 0 Å². The fourth-order valence-corrected chi connectivity index (χ4v) is 3.35. The molecule has 1 aliphatic heterocycles. The van der Waals surface area contributed by atoms with Gasteiger partial charge in [0, 0.05) is 28.2 Å². The van der Waals surface area contributed by atoms with Crippen LogP contribution in [0.15, 0.2) is 71.8 Å². The maximum atomic E-state index is 14.5. The molecule has 27 heavy (non-hydrogen) atoms. The summed E-state index contributed by atoms with van der Waals surface area (Å²) in [7, 11) is 0. The Morgan fingerprint density at radius 2 is 1.70 bits per heavy atom. The van der Waals surface area contributed by atoms with Gasteiger partial charge in [-0.1, -0.05) is 36.4 Å². The molecule has 2 aromatic carbocycles. The fourth-order valence-electron chi connectivity index (χ4n) is 3.35. The number of aromatic nitrogens is 1. The predicted molar refractivity (Wildman–Crippen MR) is 97.9 cm³/mol. The minimum atomic E-state index is -0.932. The van der Waals surface area contributed by atoms with E-state index in [-0.39, 0.29) is 28.4 Å². The summed E-state index contributed by atoms with van der Waals surface area (Å²) < 4.78 is 20.2. The van der Waals surface area contributed by atoms with Crippen LogP contribution in [0.1, 0.15) is 17.0 Å². The molecule has 0 bridgehead atoms. The number of nitrogens with two attached hydrogens (primary N) is 1. The van der Waals surface area contributed by atoms with Crippen LogP contribution in [0.4, 0.5) is 4.39 Å². The number of benzene rings is 2. The number of ether oxygens (including phenoxy) is 1. The molecule has 4 rings (SSSR count). The molecule has 3 aromatic rings. The van der Waals surface area contributed by atoms with Crippen molar-refractivity contribution in [2.24, 2.45) is 5.73 Å². The van der Waals surface area contributed by atoms with Gasteiger partial charge in [-0.2, -0.15) is 10.5 Å². The largest absolute Gasteiger partial charge is 0.439 e. The maximum absolute atomic E-state index is 14.5. The third-order valence-electron chi connectivity index (χ3n) is 4.59. The molecule has 0 radical (unpaired) electrons. The minimum Gasteiger partial charge on any atom is -0.439 e. The molecule has 1 aromatic heterocycles. The minimum absolute atomic E-state index is 0.0141.